The number of hydrogen-bond donors (Lipinski definition) is 0. The molecule has 82 valence electrons. The Morgan fingerprint density at radius 2 is 2.27 bits per heavy atom. The summed E-state index contributed by atoms with van der Waals surface area (Å²) in [5, 5.41) is 0. The lowest BCUT2D eigenvalue weighted by Gasteiger charge is -2.20. The minimum Gasteiger partial charge on any atom is -0.297 e. The highest BCUT2D eigenvalue weighted by Crippen LogP contribution is 2.30. The molecule has 1 heterocycles. The molecule has 0 spiro atoms. The lowest BCUT2D eigenvalue weighted by Crippen LogP contribution is -2.26. The van der Waals surface area contributed by atoms with Crippen molar-refractivity contribution in [3.63, 3.8) is 0 Å². The van der Waals surface area contributed by atoms with E-state index < -0.39 is 0 Å². The van der Waals surface area contributed by atoms with Gasteiger partial charge in [0.05, 0.1) is 5.69 Å². The summed E-state index contributed by atoms with van der Waals surface area (Å²) >= 11 is 0. The predicted octanol–water partition coefficient (Wildman–Crippen LogP) is 2.70. The molecule has 2 rings (SSSR count). The van der Waals surface area contributed by atoms with Crippen LogP contribution in [-0.2, 0) is 6.54 Å². The minimum absolute atomic E-state index is 0.972. The fraction of sp³-hybridized carbons (Fsp3) is 0.615. The molecule has 2 heteroatoms. The third kappa shape index (κ3) is 3.63. The van der Waals surface area contributed by atoms with Crippen LogP contribution in [-0.4, -0.2) is 23.0 Å². The Hall–Kier alpha value is -0.890. The largest absolute Gasteiger partial charge is 0.297 e. The first-order valence-corrected chi connectivity index (χ1v) is 6.00. The van der Waals surface area contributed by atoms with Crippen molar-refractivity contribution in [3.8, 4) is 0 Å². The van der Waals surface area contributed by atoms with Crippen molar-refractivity contribution in [1.82, 2.24) is 9.88 Å². The Kier molecular flexibility index (Phi) is 3.73. The van der Waals surface area contributed by atoms with Crippen LogP contribution in [0, 0.1) is 5.92 Å². The van der Waals surface area contributed by atoms with Gasteiger partial charge in [-0.25, -0.2) is 0 Å². The molecule has 1 aliphatic rings. The van der Waals surface area contributed by atoms with Gasteiger partial charge in [0.1, 0.15) is 0 Å². The van der Waals surface area contributed by atoms with Crippen LogP contribution in [0.5, 0.6) is 0 Å². The lowest BCUT2D eigenvalue weighted by atomic mass is 10.3. The average Bonchev–Trinajstić information content (AvgIpc) is 3.03. The van der Waals surface area contributed by atoms with E-state index in [0.717, 1.165) is 12.5 Å². The predicted molar refractivity (Wildman–Crippen MR) is 62.5 cm³/mol. The molecule has 1 aliphatic carbocycles. The average molecular weight is 204 g/mol. The minimum atomic E-state index is 0.972. The van der Waals surface area contributed by atoms with Crippen molar-refractivity contribution < 1.29 is 0 Å². The van der Waals surface area contributed by atoms with Crippen molar-refractivity contribution in [2.45, 2.75) is 32.7 Å². The fourth-order valence-electron chi connectivity index (χ4n) is 1.94. The van der Waals surface area contributed by atoms with Gasteiger partial charge in [-0.2, -0.15) is 0 Å². The summed E-state index contributed by atoms with van der Waals surface area (Å²) in [6, 6.07) is 6.17. The Bertz CT molecular complexity index is 280. The van der Waals surface area contributed by atoms with E-state index in [1.54, 1.807) is 0 Å². The van der Waals surface area contributed by atoms with Crippen LogP contribution in [0.15, 0.2) is 24.4 Å². The summed E-state index contributed by atoms with van der Waals surface area (Å²) in [5.41, 5.74) is 1.20. The molecule has 1 saturated carbocycles. The van der Waals surface area contributed by atoms with E-state index in [9.17, 15) is 0 Å². The van der Waals surface area contributed by atoms with Crippen LogP contribution in [0.2, 0.25) is 0 Å². The van der Waals surface area contributed by atoms with Gasteiger partial charge < -0.3 is 0 Å². The molecule has 1 fully saturated rings. The van der Waals surface area contributed by atoms with E-state index in [1.807, 2.05) is 12.3 Å². The molecule has 0 aliphatic heterocycles. The molecule has 0 unspecified atom stereocenters. The van der Waals surface area contributed by atoms with Gasteiger partial charge in [0.15, 0.2) is 0 Å². The molecular weight excluding hydrogens is 184 g/mol. The second kappa shape index (κ2) is 5.26. The van der Waals surface area contributed by atoms with Crippen molar-refractivity contribution in [2.24, 2.45) is 5.92 Å². The zero-order chi connectivity index (χ0) is 10.5. The SMILES string of the molecule is CCCN(Cc1ccccn1)CC1CC1. The first kappa shape index (κ1) is 10.6. The molecule has 0 saturated heterocycles. The third-order valence-corrected chi connectivity index (χ3v) is 2.86. The van der Waals surface area contributed by atoms with E-state index in [4.69, 9.17) is 0 Å². The quantitative estimate of drug-likeness (QED) is 0.708. The molecule has 15 heavy (non-hydrogen) atoms. The Morgan fingerprint density at radius 3 is 2.87 bits per heavy atom. The number of rotatable bonds is 6. The molecule has 0 radical (unpaired) electrons. The maximum atomic E-state index is 4.39. The molecular formula is C13H20N2. The van der Waals surface area contributed by atoms with Crippen LogP contribution >= 0.6 is 0 Å². The van der Waals surface area contributed by atoms with Crippen LogP contribution in [0.4, 0.5) is 0 Å². The van der Waals surface area contributed by atoms with Crippen molar-refractivity contribution in [2.75, 3.05) is 13.1 Å². The summed E-state index contributed by atoms with van der Waals surface area (Å²) in [6.45, 7) is 5.74. The number of nitrogens with zero attached hydrogens (tertiary/aromatic N) is 2. The maximum absolute atomic E-state index is 4.39. The van der Waals surface area contributed by atoms with Crippen LogP contribution in [0.3, 0.4) is 0 Å². The monoisotopic (exact) mass is 204 g/mol. The first-order valence-electron chi connectivity index (χ1n) is 6.00. The summed E-state index contributed by atoms with van der Waals surface area (Å²) < 4.78 is 0. The van der Waals surface area contributed by atoms with Gasteiger partial charge in [-0.15, -0.1) is 0 Å². The molecule has 1 aromatic heterocycles. The van der Waals surface area contributed by atoms with Crippen molar-refractivity contribution in [3.05, 3.63) is 30.1 Å². The van der Waals surface area contributed by atoms with Gasteiger partial charge >= 0.3 is 0 Å². The Balaban J connectivity index is 1.87. The second-order valence-corrected chi connectivity index (χ2v) is 4.50. The highest BCUT2D eigenvalue weighted by Gasteiger charge is 2.23. The van der Waals surface area contributed by atoms with Gasteiger partial charge in [0, 0.05) is 19.3 Å². The van der Waals surface area contributed by atoms with Crippen molar-refractivity contribution >= 4 is 0 Å². The topological polar surface area (TPSA) is 16.1 Å². The molecule has 0 amide bonds. The standard InChI is InChI=1S/C13H20N2/c1-2-9-15(10-12-6-7-12)11-13-5-3-4-8-14-13/h3-5,8,12H,2,6-7,9-11H2,1H3. The fourth-order valence-corrected chi connectivity index (χ4v) is 1.94. The molecule has 1 aromatic rings. The van der Waals surface area contributed by atoms with Gasteiger partial charge in [0.25, 0.3) is 0 Å². The third-order valence-electron chi connectivity index (χ3n) is 2.86. The van der Waals surface area contributed by atoms with Gasteiger partial charge in [-0.05, 0) is 43.9 Å². The van der Waals surface area contributed by atoms with Crippen LogP contribution < -0.4 is 0 Å². The molecule has 2 nitrogen and oxygen atoms in total. The van der Waals surface area contributed by atoms with E-state index in [2.05, 4.69) is 28.9 Å². The first-order chi connectivity index (χ1) is 7.38. The number of aromatic nitrogens is 1. The summed E-state index contributed by atoms with van der Waals surface area (Å²) in [4.78, 5) is 6.93. The molecule has 0 bridgehead atoms. The van der Waals surface area contributed by atoms with Crippen LogP contribution in [0.1, 0.15) is 31.9 Å². The van der Waals surface area contributed by atoms with E-state index >= 15 is 0 Å². The highest BCUT2D eigenvalue weighted by molar-refractivity contribution is 5.03. The summed E-state index contributed by atoms with van der Waals surface area (Å²) in [6.07, 6.45) is 5.99. The summed E-state index contributed by atoms with van der Waals surface area (Å²) in [7, 11) is 0. The molecule has 0 atom stereocenters. The second-order valence-electron chi connectivity index (χ2n) is 4.50. The zero-order valence-corrected chi connectivity index (χ0v) is 9.52. The Morgan fingerprint density at radius 1 is 1.40 bits per heavy atom. The van der Waals surface area contributed by atoms with E-state index in [1.165, 1.54) is 38.0 Å². The highest BCUT2D eigenvalue weighted by atomic mass is 15.1. The van der Waals surface area contributed by atoms with Crippen molar-refractivity contribution in [1.29, 1.82) is 0 Å². The van der Waals surface area contributed by atoms with E-state index in [-0.39, 0.29) is 0 Å². The Labute approximate surface area is 92.3 Å². The molecule has 0 N–H and O–H groups in total. The zero-order valence-electron chi connectivity index (χ0n) is 9.52. The van der Waals surface area contributed by atoms with E-state index in [0.29, 0.717) is 0 Å². The number of hydrogen-bond acceptors (Lipinski definition) is 2. The van der Waals surface area contributed by atoms with Crippen LogP contribution in [0.25, 0.3) is 0 Å². The molecule has 0 aromatic carbocycles. The van der Waals surface area contributed by atoms with Gasteiger partial charge in [-0.1, -0.05) is 13.0 Å². The van der Waals surface area contributed by atoms with Gasteiger partial charge in [0.2, 0.25) is 0 Å². The normalized spacial score (nSPS) is 15.9. The number of pyridine rings is 1. The maximum Gasteiger partial charge on any atom is 0.0543 e. The lowest BCUT2D eigenvalue weighted by molar-refractivity contribution is 0.252. The smallest absolute Gasteiger partial charge is 0.0543 e. The van der Waals surface area contributed by atoms with Gasteiger partial charge in [-0.3, -0.25) is 9.88 Å². The summed E-state index contributed by atoms with van der Waals surface area (Å²) in [5.74, 6) is 0.972.